The van der Waals surface area contributed by atoms with E-state index in [0.717, 1.165) is 12.8 Å². The Morgan fingerprint density at radius 2 is 0.837 bits per heavy atom. The number of carboxylic acids is 1. The number of esters is 1. The lowest BCUT2D eigenvalue weighted by molar-refractivity contribution is -0.151. The molecule has 0 aliphatic carbocycles. The summed E-state index contributed by atoms with van der Waals surface area (Å²) in [6.45, 7) is 23.3. The summed E-state index contributed by atoms with van der Waals surface area (Å²) in [5, 5.41) is 60.7. The second-order valence-electron chi connectivity index (χ2n) is 28.1. The molecule has 0 aromatic heterocycles. The first-order valence-corrected chi connectivity index (χ1v) is 34.3. The van der Waals surface area contributed by atoms with E-state index < -0.39 is 207 Å². The van der Waals surface area contributed by atoms with Gasteiger partial charge in [0, 0.05) is 19.3 Å². The lowest BCUT2D eigenvalue weighted by Gasteiger charge is -2.29. The molecule has 32 heteroatoms. The smallest absolute Gasteiger partial charge is 0.331 e. The van der Waals surface area contributed by atoms with Crippen LogP contribution in [-0.4, -0.2) is 196 Å². The van der Waals surface area contributed by atoms with Gasteiger partial charge in [-0.25, -0.2) is 4.79 Å². The van der Waals surface area contributed by atoms with Gasteiger partial charge in [-0.2, -0.15) is 0 Å². The van der Waals surface area contributed by atoms with Crippen LogP contribution < -0.4 is 69.5 Å². The molecule has 98 heavy (non-hydrogen) atoms. The van der Waals surface area contributed by atoms with Crippen molar-refractivity contribution in [1.29, 1.82) is 0 Å². The normalized spacial score (nSPS) is 18.7. The average Bonchev–Trinajstić information content (AvgIpc) is 1.23. The van der Waals surface area contributed by atoms with Crippen LogP contribution in [0.15, 0.2) is 0 Å². The maximum absolute atomic E-state index is 14.3. The number of nitrogens with one attached hydrogen (secondary N) is 12. The predicted molar refractivity (Wildman–Crippen MR) is 359 cm³/mol. The molecule has 0 radical (unpaired) electrons. The van der Waals surface area contributed by atoms with Gasteiger partial charge in [-0.1, -0.05) is 117 Å². The van der Waals surface area contributed by atoms with E-state index in [1.54, 1.807) is 69.2 Å². The van der Waals surface area contributed by atoms with Crippen LogP contribution in [0.5, 0.6) is 0 Å². The van der Waals surface area contributed by atoms with Gasteiger partial charge < -0.3 is 89.6 Å². The summed E-state index contributed by atoms with van der Waals surface area (Å²) in [4.78, 5) is 205. The van der Waals surface area contributed by atoms with E-state index in [2.05, 4.69) is 63.8 Å². The van der Waals surface area contributed by atoms with Gasteiger partial charge in [-0.05, 0) is 99.2 Å². The molecule has 0 aromatic rings. The number of carbonyl (C=O) groups is 15. The van der Waals surface area contributed by atoms with Gasteiger partial charge in [-0.3, -0.25) is 67.1 Å². The van der Waals surface area contributed by atoms with E-state index in [9.17, 15) is 87.2 Å². The Bertz CT molecular complexity index is 2690. The van der Waals surface area contributed by atoms with Crippen LogP contribution in [-0.2, 0) is 76.7 Å². The molecule has 1 aliphatic rings. The number of unbranched alkanes of at least 4 members (excludes halogenated alkanes) is 2. The molecule has 1 heterocycles. The van der Waals surface area contributed by atoms with Crippen molar-refractivity contribution in [3.05, 3.63) is 0 Å². The molecular formula is C66H115N13O19. The summed E-state index contributed by atoms with van der Waals surface area (Å²) < 4.78 is 5.37. The minimum absolute atomic E-state index is 0.0293. The standard InChI is InChI=1S/C66H115N13O19/c1-16-17-18-19-52(83)68-42(24-33(2)3)57(88)70-41(21-23-53(84)85)55(86)71-44(26-35(6)7)59(90)72-43(25-34(4)5)58(89)69-40(20-22-51(67)82)56(87)76-48(30-80)63(94)79-54(39(14)15)65(96)75-47(29-38(12)13)62(93)78-50-32-98-66(97)49(31-81)77-61(92)46(28-37(10)11)73-60(91)45(27-36(8)9)74-64(50)95/h33-50,54,80-81H,16-32H2,1-15H3,(H2,67,82)(H,68,83)(H,69,89)(H,70,88)(H,71,86)(H,72,90)(H,73,91)(H,74,95)(H,75,96)(H,76,87)(H,77,92)(H,78,93)(H,79,94)(H,84,85). The van der Waals surface area contributed by atoms with Gasteiger partial charge in [0.15, 0.2) is 6.04 Å². The highest BCUT2D eigenvalue weighted by atomic mass is 16.5. The van der Waals surface area contributed by atoms with E-state index in [-0.39, 0.29) is 86.4 Å². The third-order valence-electron chi connectivity index (χ3n) is 15.5. The molecule has 1 aliphatic heterocycles. The largest absolute Gasteiger partial charge is 0.481 e. The second-order valence-corrected chi connectivity index (χ2v) is 28.1. The zero-order valence-corrected chi connectivity index (χ0v) is 59.9. The Hall–Kier alpha value is -8.03. The van der Waals surface area contributed by atoms with Crippen LogP contribution >= 0.6 is 0 Å². The number of hydrogen-bond acceptors (Lipinski definition) is 18. The number of carboxylic acid groups (broad SMARTS) is 1. The third-order valence-corrected chi connectivity index (χ3v) is 15.5. The van der Waals surface area contributed by atoms with Gasteiger partial charge >= 0.3 is 11.9 Å². The predicted octanol–water partition coefficient (Wildman–Crippen LogP) is -1.01. The number of aliphatic hydroxyl groups excluding tert-OH is 2. The van der Waals surface area contributed by atoms with Gasteiger partial charge in [0.05, 0.1) is 13.2 Å². The number of carbonyl (C=O) groups excluding carboxylic acids is 14. The molecule has 558 valence electrons. The molecule has 17 N–H and O–H groups in total. The van der Waals surface area contributed by atoms with Crippen LogP contribution in [0.2, 0.25) is 0 Å². The molecule has 0 bridgehead atoms. The molecule has 13 amide bonds. The van der Waals surface area contributed by atoms with Crippen LogP contribution in [0.25, 0.3) is 0 Å². The Morgan fingerprint density at radius 3 is 1.23 bits per heavy atom. The third kappa shape index (κ3) is 34.0. The zero-order chi connectivity index (χ0) is 74.8. The second kappa shape index (κ2) is 44.8. The van der Waals surface area contributed by atoms with Gasteiger partial charge in [0.25, 0.3) is 0 Å². The Labute approximate surface area is 575 Å². The molecule has 12 atom stereocenters. The number of nitrogens with two attached hydrogens (primary N) is 1. The maximum Gasteiger partial charge on any atom is 0.331 e. The van der Waals surface area contributed by atoms with Crippen LogP contribution in [0, 0.1) is 41.4 Å². The lowest BCUT2D eigenvalue weighted by atomic mass is 9.98. The fraction of sp³-hybridized carbons (Fsp3) is 0.773. The fourth-order valence-corrected chi connectivity index (χ4v) is 10.4. The van der Waals surface area contributed by atoms with Gasteiger partial charge in [0.2, 0.25) is 76.8 Å². The summed E-state index contributed by atoms with van der Waals surface area (Å²) >= 11 is 0. The number of ether oxygens (including phenoxy) is 1. The van der Waals surface area contributed by atoms with E-state index >= 15 is 0 Å². The molecular weight excluding hydrogens is 1280 g/mol. The number of rotatable bonds is 42. The number of aliphatic carboxylic acids is 1. The highest BCUT2D eigenvalue weighted by molar-refractivity contribution is 6.00. The van der Waals surface area contributed by atoms with E-state index in [4.69, 9.17) is 10.5 Å². The van der Waals surface area contributed by atoms with Crippen molar-refractivity contribution >= 4 is 88.7 Å². The SMILES string of the molecule is CCCCCC(=O)NC(CC(C)C)C(=O)NC(CCC(=O)O)C(=O)NC(CC(C)C)C(=O)NC(CC(C)C)C(=O)NC(CCC(N)=O)C(=O)NC(CO)C(=O)NC(C(=O)NC(CC(C)C)C(=O)NC1COC(=O)C(CO)NC(=O)C(CC(C)C)NC(=O)C(CC(C)C)NC1=O)C(C)C. The molecule has 1 rings (SSSR count). The van der Waals surface area contributed by atoms with E-state index in [0.29, 0.717) is 6.42 Å². The Kier molecular flexibility index (Phi) is 40.2. The van der Waals surface area contributed by atoms with Crippen LogP contribution in [0.4, 0.5) is 0 Å². The summed E-state index contributed by atoms with van der Waals surface area (Å²) in [6, 6.07) is -17.7. The molecule has 0 aromatic carbocycles. The van der Waals surface area contributed by atoms with Gasteiger partial charge in [-0.15, -0.1) is 0 Å². The van der Waals surface area contributed by atoms with E-state index in [1.807, 2.05) is 20.8 Å². The summed E-state index contributed by atoms with van der Waals surface area (Å²) in [6.07, 6.45) is 0.634. The highest BCUT2D eigenvalue weighted by Gasteiger charge is 2.39. The Morgan fingerprint density at radius 1 is 0.459 bits per heavy atom. The zero-order valence-electron chi connectivity index (χ0n) is 59.9. The quantitative estimate of drug-likeness (QED) is 0.0257. The van der Waals surface area contributed by atoms with Crippen LogP contribution in [0.3, 0.4) is 0 Å². The molecule has 12 unspecified atom stereocenters. The van der Waals surface area contributed by atoms with Crippen molar-refractivity contribution in [3.63, 3.8) is 0 Å². The van der Waals surface area contributed by atoms with Crippen molar-refractivity contribution in [1.82, 2.24) is 63.8 Å². The fourth-order valence-electron chi connectivity index (χ4n) is 10.4. The molecule has 1 saturated heterocycles. The van der Waals surface area contributed by atoms with Crippen molar-refractivity contribution in [2.45, 2.75) is 266 Å². The first kappa shape index (κ1) is 88.0. The number of primary amides is 1. The highest BCUT2D eigenvalue weighted by Crippen LogP contribution is 2.16. The number of amides is 13. The van der Waals surface area contributed by atoms with Crippen molar-refractivity contribution in [3.8, 4) is 0 Å². The minimum atomic E-state index is -1.85. The monoisotopic (exact) mass is 1390 g/mol. The van der Waals surface area contributed by atoms with Gasteiger partial charge in [0.1, 0.15) is 73.1 Å². The Balaban J connectivity index is 3.58. The first-order valence-electron chi connectivity index (χ1n) is 34.3. The van der Waals surface area contributed by atoms with Crippen molar-refractivity contribution in [2.75, 3.05) is 19.8 Å². The van der Waals surface area contributed by atoms with Crippen LogP contribution in [0.1, 0.15) is 194 Å². The molecule has 1 fully saturated rings. The molecule has 0 saturated carbocycles. The average molecular weight is 1390 g/mol. The number of aliphatic hydroxyl groups is 2. The first-order chi connectivity index (χ1) is 45.7. The lowest BCUT2D eigenvalue weighted by Crippen LogP contribution is -2.62. The van der Waals surface area contributed by atoms with Crippen molar-refractivity contribution < 1.29 is 92.0 Å². The molecule has 0 spiro atoms. The summed E-state index contributed by atoms with van der Waals surface area (Å²) in [7, 11) is 0. The van der Waals surface area contributed by atoms with E-state index in [1.165, 1.54) is 13.8 Å². The number of cyclic esters (lactones) is 1. The summed E-state index contributed by atoms with van der Waals surface area (Å²) in [5.74, 6) is -16.1. The van der Waals surface area contributed by atoms with Crippen molar-refractivity contribution in [2.24, 2.45) is 47.2 Å². The molecule has 32 nitrogen and oxygen atoms in total. The summed E-state index contributed by atoms with van der Waals surface area (Å²) in [5.41, 5.74) is 5.47. The minimum Gasteiger partial charge on any atom is -0.481 e. The maximum atomic E-state index is 14.3. The topological polar surface area (TPSA) is 496 Å². The number of hydrogen-bond donors (Lipinski definition) is 16.